The minimum absolute atomic E-state index is 0.216. The molecule has 8 nitrogen and oxygen atoms in total. The Morgan fingerprint density at radius 2 is 1.90 bits per heavy atom. The zero-order chi connectivity index (χ0) is 20.8. The van der Waals surface area contributed by atoms with Crippen LogP contribution in [-0.2, 0) is 13.2 Å². The molecule has 0 spiro atoms. The molecule has 1 heterocycles. The average Bonchev–Trinajstić information content (AvgIpc) is 3.03. The molecule has 3 aromatic rings. The van der Waals surface area contributed by atoms with Crippen molar-refractivity contribution in [2.24, 2.45) is 5.73 Å². The van der Waals surface area contributed by atoms with Gasteiger partial charge in [0, 0.05) is 17.8 Å². The smallest absolute Gasteiger partial charge is 0.316 e. The fourth-order valence-corrected chi connectivity index (χ4v) is 2.72. The minimum Gasteiger partial charge on any atom is -0.489 e. The van der Waals surface area contributed by atoms with Crippen molar-refractivity contribution in [3.05, 3.63) is 76.7 Å². The van der Waals surface area contributed by atoms with Gasteiger partial charge in [-0.15, -0.1) is 0 Å². The van der Waals surface area contributed by atoms with Gasteiger partial charge in [-0.1, -0.05) is 23.4 Å². The number of hydrogen-bond acceptors (Lipinski definition) is 5. The van der Waals surface area contributed by atoms with Crippen molar-refractivity contribution >= 4 is 17.6 Å². The molecule has 0 saturated heterocycles. The highest BCUT2D eigenvalue weighted by atomic mass is 16.5. The van der Waals surface area contributed by atoms with Gasteiger partial charge in [0.1, 0.15) is 18.1 Å². The van der Waals surface area contributed by atoms with Gasteiger partial charge in [-0.25, -0.2) is 4.79 Å². The molecule has 2 aromatic carbocycles. The van der Waals surface area contributed by atoms with E-state index in [0.717, 1.165) is 16.8 Å². The Morgan fingerprint density at radius 1 is 1.14 bits per heavy atom. The van der Waals surface area contributed by atoms with Crippen molar-refractivity contribution in [3.63, 3.8) is 0 Å². The zero-order valence-corrected chi connectivity index (χ0v) is 16.2. The van der Waals surface area contributed by atoms with Gasteiger partial charge in [0.2, 0.25) is 0 Å². The van der Waals surface area contributed by atoms with Gasteiger partial charge in [0.05, 0.1) is 11.3 Å². The number of primary amides is 1. The van der Waals surface area contributed by atoms with Crippen LogP contribution in [0.2, 0.25) is 0 Å². The van der Waals surface area contributed by atoms with Crippen LogP contribution in [0.25, 0.3) is 0 Å². The molecule has 8 heteroatoms. The average molecular weight is 394 g/mol. The van der Waals surface area contributed by atoms with Crippen LogP contribution in [0.5, 0.6) is 5.75 Å². The molecule has 0 aliphatic rings. The molecule has 0 aliphatic carbocycles. The third kappa shape index (κ3) is 5.35. The highest BCUT2D eigenvalue weighted by molar-refractivity contribution is 5.94. The molecule has 0 atom stereocenters. The number of benzene rings is 2. The maximum Gasteiger partial charge on any atom is 0.316 e. The SMILES string of the molecule is Cc1noc(C)c1COc1cccc(C(=O)NCc2ccc(NC(N)=O)cc2)c1. The lowest BCUT2D eigenvalue weighted by Crippen LogP contribution is -2.23. The Bertz CT molecular complexity index is 992. The van der Waals surface area contributed by atoms with Crippen LogP contribution in [0.1, 0.15) is 32.9 Å². The maximum absolute atomic E-state index is 12.5. The van der Waals surface area contributed by atoms with Crippen molar-refractivity contribution in [1.82, 2.24) is 10.5 Å². The van der Waals surface area contributed by atoms with Crippen LogP contribution in [0.15, 0.2) is 53.1 Å². The maximum atomic E-state index is 12.5. The Hall–Kier alpha value is -3.81. The van der Waals surface area contributed by atoms with Crippen LogP contribution >= 0.6 is 0 Å². The highest BCUT2D eigenvalue weighted by Gasteiger charge is 2.11. The van der Waals surface area contributed by atoms with Crippen LogP contribution in [0.3, 0.4) is 0 Å². The van der Waals surface area contributed by atoms with E-state index in [4.69, 9.17) is 15.0 Å². The second-order valence-electron chi connectivity index (χ2n) is 6.49. The molecular weight excluding hydrogens is 372 g/mol. The predicted molar refractivity (Wildman–Crippen MR) is 108 cm³/mol. The topological polar surface area (TPSA) is 119 Å². The quantitative estimate of drug-likeness (QED) is 0.568. The number of aromatic nitrogens is 1. The highest BCUT2D eigenvalue weighted by Crippen LogP contribution is 2.18. The summed E-state index contributed by atoms with van der Waals surface area (Å²) < 4.78 is 10.9. The van der Waals surface area contributed by atoms with E-state index in [1.165, 1.54) is 0 Å². The number of ether oxygens (including phenoxy) is 1. The first-order valence-corrected chi connectivity index (χ1v) is 9.00. The summed E-state index contributed by atoms with van der Waals surface area (Å²) in [6, 6.07) is 13.4. The van der Waals surface area contributed by atoms with Gasteiger partial charge in [0.25, 0.3) is 5.91 Å². The first-order chi connectivity index (χ1) is 13.9. The van der Waals surface area contributed by atoms with Gasteiger partial charge in [0.15, 0.2) is 0 Å². The van der Waals surface area contributed by atoms with Crippen LogP contribution in [-0.4, -0.2) is 17.1 Å². The zero-order valence-electron chi connectivity index (χ0n) is 16.2. The lowest BCUT2D eigenvalue weighted by Gasteiger charge is -2.09. The molecule has 0 bridgehead atoms. The summed E-state index contributed by atoms with van der Waals surface area (Å²) in [6.45, 7) is 4.35. The summed E-state index contributed by atoms with van der Waals surface area (Å²) in [5.41, 5.74) is 8.73. The Balaban J connectivity index is 1.57. The van der Waals surface area contributed by atoms with E-state index < -0.39 is 6.03 Å². The van der Waals surface area contributed by atoms with E-state index in [0.29, 0.717) is 35.9 Å². The minimum atomic E-state index is -0.623. The van der Waals surface area contributed by atoms with Gasteiger partial charge >= 0.3 is 6.03 Å². The van der Waals surface area contributed by atoms with E-state index >= 15 is 0 Å². The largest absolute Gasteiger partial charge is 0.489 e. The first kappa shape index (κ1) is 19.9. The summed E-state index contributed by atoms with van der Waals surface area (Å²) in [7, 11) is 0. The molecule has 0 aliphatic heterocycles. The van der Waals surface area contributed by atoms with E-state index in [2.05, 4.69) is 15.8 Å². The van der Waals surface area contributed by atoms with Crippen molar-refractivity contribution < 1.29 is 18.8 Å². The molecule has 4 N–H and O–H groups in total. The number of amides is 3. The second-order valence-corrected chi connectivity index (χ2v) is 6.49. The lowest BCUT2D eigenvalue weighted by atomic mass is 10.1. The summed E-state index contributed by atoms with van der Waals surface area (Å²) in [4.78, 5) is 23.3. The number of carbonyl (C=O) groups is 2. The lowest BCUT2D eigenvalue weighted by molar-refractivity contribution is 0.0950. The number of nitrogens with zero attached hydrogens (tertiary/aromatic N) is 1. The summed E-state index contributed by atoms with van der Waals surface area (Å²) in [6.07, 6.45) is 0. The van der Waals surface area contributed by atoms with Crippen molar-refractivity contribution in [2.45, 2.75) is 27.0 Å². The molecule has 0 fully saturated rings. The molecular formula is C21H22N4O4. The van der Waals surface area contributed by atoms with Gasteiger partial charge < -0.3 is 25.6 Å². The molecule has 1 aromatic heterocycles. The molecule has 29 heavy (non-hydrogen) atoms. The predicted octanol–water partition coefficient (Wildman–Crippen LogP) is 3.29. The standard InChI is InChI=1S/C21H22N4O4/c1-13-19(14(2)29-25-13)12-28-18-5-3-4-16(10-18)20(26)23-11-15-6-8-17(9-7-15)24-21(22)27/h3-10H,11-12H2,1-2H3,(H,23,26)(H3,22,24,27). The fourth-order valence-electron chi connectivity index (χ4n) is 2.72. The third-order valence-corrected chi connectivity index (χ3v) is 4.34. The number of anilines is 1. The third-order valence-electron chi connectivity index (χ3n) is 4.34. The van der Waals surface area contributed by atoms with Gasteiger partial charge in [-0.05, 0) is 49.7 Å². The molecule has 3 rings (SSSR count). The summed E-state index contributed by atoms with van der Waals surface area (Å²) in [5.74, 6) is 1.08. The number of rotatable bonds is 7. The Labute approximate surface area is 168 Å². The fraction of sp³-hybridized carbons (Fsp3) is 0.190. The Kier molecular flexibility index (Phi) is 6.13. The molecule has 0 saturated carbocycles. The number of aryl methyl sites for hydroxylation is 2. The van der Waals surface area contributed by atoms with E-state index in [1.807, 2.05) is 13.8 Å². The molecule has 0 radical (unpaired) electrons. The summed E-state index contributed by atoms with van der Waals surface area (Å²) >= 11 is 0. The van der Waals surface area contributed by atoms with E-state index in [-0.39, 0.29) is 5.91 Å². The number of nitrogens with one attached hydrogen (secondary N) is 2. The van der Waals surface area contributed by atoms with Crippen LogP contribution < -0.4 is 21.1 Å². The number of urea groups is 1. The summed E-state index contributed by atoms with van der Waals surface area (Å²) in [5, 5.41) is 9.25. The number of carbonyl (C=O) groups excluding carboxylic acids is 2. The van der Waals surface area contributed by atoms with Crippen molar-refractivity contribution in [2.75, 3.05) is 5.32 Å². The molecule has 3 amide bonds. The normalized spacial score (nSPS) is 10.4. The molecule has 0 unspecified atom stereocenters. The second kappa shape index (κ2) is 8.92. The van der Waals surface area contributed by atoms with Crippen LogP contribution in [0, 0.1) is 13.8 Å². The monoisotopic (exact) mass is 394 g/mol. The number of nitrogens with two attached hydrogens (primary N) is 1. The number of hydrogen-bond donors (Lipinski definition) is 3. The van der Waals surface area contributed by atoms with Crippen LogP contribution in [0.4, 0.5) is 10.5 Å². The van der Waals surface area contributed by atoms with Crippen molar-refractivity contribution in [3.8, 4) is 5.75 Å². The van der Waals surface area contributed by atoms with E-state index in [1.54, 1.807) is 48.5 Å². The van der Waals surface area contributed by atoms with Crippen molar-refractivity contribution in [1.29, 1.82) is 0 Å². The Morgan fingerprint density at radius 3 is 2.55 bits per heavy atom. The first-order valence-electron chi connectivity index (χ1n) is 9.00. The van der Waals surface area contributed by atoms with Gasteiger partial charge in [-0.2, -0.15) is 0 Å². The van der Waals surface area contributed by atoms with E-state index in [9.17, 15) is 9.59 Å². The van der Waals surface area contributed by atoms with Gasteiger partial charge in [-0.3, -0.25) is 4.79 Å². The molecule has 150 valence electrons.